The van der Waals surface area contributed by atoms with Crippen LogP contribution in [0.2, 0.25) is 0 Å². The minimum absolute atomic E-state index is 0.0127. The van der Waals surface area contributed by atoms with Gasteiger partial charge in [0.2, 0.25) is 0 Å². The van der Waals surface area contributed by atoms with Gasteiger partial charge in [-0.1, -0.05) is 127 Å². The Kier molecular flexibility index (Phi) is 4.71. The molecule has 2 aliphatic carbocycles. The molecule has 214 valence electrons. The van der Waals surface area contributed by atoms with E-state index >= 15 is 0 Å². The molecule has 2 aliphatic heterocycles. The fourth-order valence-electron chi connectivity index (χ4n) is 8.69. The molecule has 0 spiro atoms. The van der Waals surface area contributed by atoms with Crippen molar-refractivity contribution in [2.45, 2.75) is 11.8 Å². The van der Waals surface area contributed by atoms with Gasteiger partial charge in [0.15, 0.2) is 0 Å². The zero-order valence-corrected chi connectivity index (χ0v) is 24.8. The molecule has 2 heterocycles. The van der Waals surface area contributed by atoms with E-state index < -0.39 is 0 Å². The molecule has 7 aromatic carbocycles. The number of benzene rings is 7. The Morgan fingerprint density at radius 3 is 1.33 bits per heavy atom. The van der Waals surface area contributed by atoms with E-state index in [0.717, 1.165) is 28.6 Å². The molecule has 2 heteroatoms. The summed E-state index contributed by atoms with van der Waals surface area (Å²) in [4.78, 5) is 0. The fourth-order valence-corrected chi connectivity index (χ4v) is 8.69. The van der Waals surface area contributed by atoms with Gasteiger partial charge in [-0.2, -0.15) is 0 Å². The molecule has 2 nitrogen and oxygen atoms in total. The van der Waals surface area contributed by atoms with E-state index in [-0.39, 0.29) is 11.8 Å². The average Bonchev–Trinajstić information content (AvgIpc) is 3.33. The Morgan fingerprint density at radius 2 is 0.717 bits per heavy atom. The zero-order valence-electron chi connectivity index (χ0n) is 24.8. The van der Waals surface area contributed by atoms with Crippen LogP contribution >= 0.6 is 0 Å². The van der Waals surface area contributed by atoms with Crippen molar-refractivity contribution in [3.63, 3.8) is 0 Å². The highest BCUT2D eigenvalue weighted by Crippen LogP contribution is 2.63. The summed E-state index contributed by atoms with van der Waals surface area (Å²) in [5.41, 5.74) is 17.3. The number of hydrogen-bond donors (Lipinski definition) is 0. The zero-order chi connectivity index (χ0) is 29.9. The second kappa shape index (κ2) is 8.87. The Balaban J connectivity index is 1.25. The Hall–Kier alpha value is -5.86. The highest BCUT2D eigenvalue weighted by Gasteiger charge is 2.43. The van der Waals surface area contributed by atoms with Crippen molar-refractivity contribution in [3.05, 3.63) is 179 Å². The topological polar surface area (TPSA) is 18.5 Å². The molecule has 2 atom stereocenters. The molecule has 0 amide bonds. The van der Waals surface area contributed by atoms with Gasteiger partial charge in [0.05, 0.1) is 0 Å². The first kappa shape index (κ1) is 24.5. The van der Waals surface area contributed by atoms with Crippen LogP contribution in [0.4, 0.5) is 0 Å². The molecular formula is C44H26O2. The predicted octanol–water partition coefficient (Wildman–Crippen LogP) is 11.6. The quantitative estimate of drug-likeness (QED) is 0.176. The normalized spacial score (nSPS) is 16.6. The molecule has 4 aliphatic rings. The lowest BCUT2D eigenvalue weighted by atomic mass is 9.75. The third kappa shape index (κ3) is 3.06. The summed E-state index contributed by atoms with van der Waals surface area (Å²) in [6.45, 7) is 0. The molecule has 46 heavy (non-hydrogen) atoms. The van der Waals surface area contributed by atoms with E-state index in [1.807, 2.05) is 0 Å². The molecule has 11 rings (SSSR count). The molecular weight excluding hydrogens is 560 g/mol. The van der Waals surface area contributed by atoms with E-state index in [2.05, 4.69) is 146 Å². The second-order valence-corrected chi connectivity index (χ2v) is 12.7. The van der Waals surface area contributed by atoms with Crippen molar-refractivity contribution in [2.24, 2.45) is 0 Å². The lowest BCUT2D eigenvalue weighted by molar-refractivity contribution is 0.417. The average molecular weight is 587 g/mol. The van der Waals surface area contributed by atoms with Crippen LogP contribution in [0, 0.1) is 0 Å². The largest absolute Gasteiger partial charge is 0.457 e. The van der Waals surface area contributed by atoms with Crippen molar-refractivity contribution in [3.8, 4) is 67.5 Å². The fraction of sp³-hybridized carbons (Fsp3) is 0.0455. The summed E-state index contributed by atoms with van der Waals surface area (Å²) >= 11 is 0. The van der Waals surface area contributed by atoms with Crippen LogP contribution in [0.1, 0.15) is 45.2 Å². The molecule has 0 aromatic heterocycles. The summed E-state index contributed by atoms with van der Waals surface area (Å²) in [7, 11) is 0. The van der Waals surface area contributed by atoms with Crippen molar-refractivity contribution in [1.82, 2.24) is 0 Å². The molecule has 0 saturated carbocycles. The summed E-state index contributed by atoms with van der Waals surface area (Å²) < 4.78 is 14.0. The molecule has 0 fully saturated rings. The summed E-state index contributed by atoms with van der Waals surface area (Å²) in [5, 5.41) is 0. The van der Waals surface area contributed by atoms with Crippen LogP contribution in [-0.4, -0.2) is 0 Å². The highest BCUT2D eigenvalue weighted by molar-refractivity contribution is 5.94. The van der Waals surface area contributed by atoms with Gasteiger partial charge in [-0.3, -0.25) is 0 Å². The Labute approximate surface area is 267 Å². The van der Waals surface area contributed by atoms with E-state index in [1.165, 1.54) is 72.3 Å². The number of ether oxygens (including phenoxy) is 2. The number of fused-ring (bicyclic) bond motifs is 15. The summed E-state index contributed by atoms with van der Waals surface area (Å²) in [6.07, 6.45) is 0. The second-order valence-electron chi connectivity index (χ2n) is 12.7. The maximum atomic E-state index is 7.17. The van der Waals surface area contributed by atoms with Gasteiger partial charge in [0, 0.05) is 34.1 Å². The Bertz CT molecular complexity index is 2450. The monoisotopic (exact) mass is 586 g/mol. The lowest BCUT2D eigenvalue weighted by Crippen LogP contribution is -2.19. The van der Waals surface area contributed by atoms with Crippen molar-refractivity contribution in [2.75, 3.05) is 0 Å². The van der Waals surface area contributed by atoms with Gasteiger partial charge in [-0.25, -0.2) is 0 Å². The minimum Gasteiger partial charge on any atom is -0.457 e. The molecule has 7 aromatic rings. The van der Waals surface area contributed by atoms with Gasteiger partial charge in [-0.15, -0.1) is 0 Å². The van der Waals surface area contributed by atoms with Crippen LogP contribution in [0.3, 0.4) is 0 Å². The van der Waals surface area contributed by atoms with Crippen LogP contribution in [-0.2, 0) is 0 Å². The first-order chi connectivity index (χ1) is 22.8. The standard InChI is InChI=1S/C44H26O2/c1-3-14-28-25(11-1)27-13-5-7-17-31(27)39-35-23-24-38-43(44(35)46-37-22-10-19-32(28)40(37)39)42-34-18-8-6-16-30(34)26-12-2-4-15-29(26)33-20-9-21-36(45-38)41(33)42/h1-24,39,42H. The van der Waals surface area contributed by atoms with E-state index in [4.69, 9.17) is 9.47 Å². The van der Waals surface area contributed by atoms with E-state index in [0.29, 0.717) is 0 Å². The third-order valence-corrected chi connectivity index (χ3v) is 10.5. The van der Waals surface area contributed by atoms with Crippen LogP contribution in [0.5, 0.6) is 23.0 Å². The molecule has 0 radical (unpaired) electrons. The maximum absolute atomic E-state index is 7.17. The van der Waals surface area contributed by atoms with Gasteiger partial charge in [0.25, 0.3) is 0 Å². The minimum atomic E-state index is -0.0588. The molecule has 0 saturated heterocycles. The van der Waals surface area contributed by atoms with Crippen LogP contribution < -0.4 is 9.47 Å². The molecule has 0 N–H and O–H groups in total. The van der Waals surface area contributed by atoms with Crippen molar-refractivity contribution < 1.29 is 9.47 Å². The number of hydrogen-bond acceptors (Lipinski definition) is 2. The van der Waals surface area contributed by atoms with E-state index in [9.17, 15) is 0 Å². The van der Waals surface area contributed by atoms with Crippen LogP contribution in [0.15, 0.2) is 146 Å². The first-order valence-electron chi connectivity index (χ1n) is 16.0. The maximum Gasteiger partial charge on any atom is 0.139 e. The third-order valence-electron chi connectivity index (χ3n) is 10.5. The van der Waals surface area contributed by atoms with Gasteiger partial charge >= 0.3 is 0 Å². The smallest absolute Gasteiger partial charge is 0.139 e. The first-order valence-corrected chi connectivity index (χ1v) is 16.0. The van der Waals surface area contributed by atoms with Gasteiger partial charge in [0.1, 0.15) is 23.0 Å². The van der Waals surface area contributed by atoms with Gasteiger partial charge < -0.3 is 9.47 Å². The molecule has 0 bridgehead atoms. The van der Waals surface area contributed by atoms with E-state index in [1.54, 1.807) is 0 Å². The van der Waals surface area contributed by atoms with Gasteiger partial charge in [-0.05, 0) is 73.8 Å². The van der Waals surface area contributed by atoms with Crippen molar-refractivity contribution >= 4 is 0 Å². The SMILES string of the molecule is c1ccc2c(c1)-c1ccccc1C1c3ccc4c(c3Oc3cccc-2c31)C1c2ccccc2-c2ccccc2-c2cccc(c21)O4. The number of rotatable bonds is 0. The summed E-state index contributed by atoms with van der Waals surface area (Å²) in [5.74, 6) is 3.56. The summed E-state index contributed by atoms with van der Waals surface area (Å²) in [6, 6.07) is 52.8. The van der Waals surface area contributed by atoms with Crippen molar-refractivity contribution in [1.29, 1.82) is 0 Å². The predicted molar refractivity (Wildman–Crippen MR) is 183 cm³/mol. The highest BCUT2D eigenvalue weighted by atomic mass is 16.5. The van der Waals surface area contributed by atoms with Crippen LogP contribution in [0.25, 0.3) is 44.5 Å². The lowest BCUT2D eigenvalue weighted by Gasteiger charge is -2.36. The Morgan fingerprint density at radius 1 is 0.283 bits per heavy atom. The molecule has 2 unspecified atom stereocenters.